The normalized spacial score (nSPS) is 11.3. The molecule has 0 aliphatic rings. The Kier molecular flexibility index (Phi) is 4.71. The van der Waals surface area contributed by atoms with Crippen molar-refractivity contribution in [1.82, 2.24) is 9.55 Å². The van der Waals surface area contributed by atoms with Crippen LogP contribution in [0.1, 0.15) is 44.1 Å². The molecule has 0 spiro atoms. The maximum absolute atomic E-state index is 6.42. The molecule has 0 atom stereocenters. The van der Waals surface area contributed by atoms with Crippen LogP contribution in [-0.4, -0.2) is 9.55 Å². The average molecular weight is 285 g/mol. The van der Waals surface area contributed by atoms with Crippen molar-refractivity contribution < 1.29 is 0 Å². The van der Waals surface area contributed by atoms with Gasteiger partial charge in [-0.05, 0) is 31.7 Å². The van der Waals surface area contributed by atoms with E-state index in [9.17, 15) is 0 Å². The molecule has 0 saturated carbocycles. The lowest BCUT2D eigenvalue weighted by atomic mass is 10.0. The number of nitrogen functional groups attached to an aromatic ring is 1. The van der Waals surface area contributed by atoms with Crippen LogP contribution in [0.2, 0.25) is 0 Å². The molecule has 0 unspecified atom stereocenters. The maximum Gasteiger partial charge on any atom is 0.131 e. The molecule has 2 N–H and O–H groups in total. The fraction of sp³-hybridized carbons (Fsp3) is 0.500. The van der Waals surface area contributed by atoms with Crippen molar-refractivity contribution in [2.24, 2.45) is 5.92 Å². The van der Waals surface area contributed by atoms with Gasteiger partial charge in [0.15, 0.2) is 0 Å². The fourth-order valence-corrected chi connectivity index (χ4v) is 2.77. The van der Waals surface area contributed by atoms with E-state index in [1.807, 2.05) is 0 Å². The second kappa shape index (κ2) is 6.33. The Labute approximate surface area is 128 Å². The van der Waals surface area contributed by atoms with Gasteiger partial charge in [-0.15, -0.1) is 0 Å². The van der Waals surface area contributed by atoms with Gasteiger partial charge in [-0.25, -0.2) is 4.98 Å². The number of anilines is 1. The first-order valence-electron chi connectivity index (χ1n) is 7.86. The van der Waals surface area contributed by atoms with Gasteiger partial charge in [0.25, 0.3) is 0 Å². The summed E-state index contributed by atoms with van der Waals surface area (Å²) in [5.74, 6) is 2.47. The number of hydrogen-bond acceptors (Lipinski definition) is 2. The van der Waals surface area contributed by atoms with Crippen molar-refractivity contribution in [3.05, 3.63) is 35.2 Å². The van der Waals surface area contributed by atoms with Crippen molar-refractivity contribution in [1.29, 1.82) is 0 Å². The molecule has 3 nitrogen and oxygen atoms in total. The van der Waals surface area contributed by atoms with E-state index in [-0.39, 0.29) is 0 Å². The van der Waals surface area contributed by atoms with Gasteiger partial charge < -0.3 is 10.3 Å². The van der Waals surface area contributed by atoms with Gasteiger partial charge in [-0.1, -0.05) is 44.5 Å². The van der Waals surface area contributed by atoms with E-state index < -0.39 is 0 Å². The molecule has 21 heavy (non-hydrogen) atoms. The van der Waals surface area contributed by atoms with Gasteiger partial charge >= 0.3 is 0 Å². The SMILES string of the molecule is CCCc1nc(-c2ccc(C)cc2C)c(N)n1CC(C)C. The molecule has 0 radical (unpaired) electrons. The van der Waals surface area contributed by atoms with E-state index in [2.05, 4.69) is 57.4 Å². The Morgan fingerprint density at radius 2 is 1.95 bits per heavy atom. The maximum atomic E-state index is 6.42. The molecular formula is C18H27N3. The van der Waals surface area contributed by atoms with Crippen LogP contribution in [0.4, 0.5) is 5.82 Å². The highest BCUT2D eigenvalue weighted by Crippen LogP contribution is 2.30. The summed E-state index contributed by atoms with van der Waals surface area (Å²) in [4.78, 5) is 4.85. The molecule has 1 heterocycles. The van der Waals surface area contributed by atoms with Gasteiger partial charge in [-0.2, -0.15) is 0 Å². The molecule has 0 fully saturated rings. The molecule has 2 aromatic rings. The van der Waals surface area contributed by atoms with E-state index in [4.69, 9.17) is 10.7 Å². The first-order valence-corrected chi connectivity index (χ1v) is 7.86. The number of nitrogens with zero attached hydrogens (tertiary/aromatic N) is 2. The van der Waals surface area contributed by atoms with Crippen LogP contribution < -0.4 is 5.73 Å². The summed E-state index contributed by atoms with van der Waals surface area (Å²) in [6.07, 6.45) is 2.06. The second-order valence-corrected chi connectivity index (χ2v) is 6.33. The number of hydrogen-bond donors (Lipinski definition) is 1. The van der Waals surface area contributed by atoms with Crippen LogP contribution in [0.3, 0.4) is 0 Å². The number of rotatable bonds is 5. The summed E-state index contributed by atoms with van der Waals surface area (Å²) >= 11 is 0. The number of imidazole rings is 1. The van der Waals surface area contributed by atoms with Crippen molar-refractivity contribution in [3.63, 3.8) is 0 Å². The van der Waals surface area contributed by atoms with Crippen molar-refractivity contribution >= 4 is 5.82 Å². The van der Waals surface area contributed by atoms with Crippen LogP contribution >= 0.6 is 0 Å². The van der Waals surface area contributed by atoms with Crippen LogP contribution in [0.5, 0.6) is 0 Å². The molecule has 0 amide bonds. The summed E-state index contributed by atoms with van der Waals surface area (Å²) in [6.45, 7) is 11.8. The molecule has 0 saturated heterocycles. The smallest absolute Gasteiger partial charge is 0.131 e. The Morgan fingerprint density at radius 1 is 1.24 bits per heavy atom. The van der Waals surface area contributed by atoms with Gasteiger partial charge in [0, 0.05) is 18.5 Å². The molecule has 1 aromatic carbocycles. The zero-order valence-corrected chi connectivity index (χ0v) is 13.9. The molecule has 3 heteroatoms. The summed E-state index contributed by atoms with van der Waals surface area (Å²) in [7, 11) is 0. The molecule has 0 aliphatic carbocycles. The van der Waals surface area contributed by atoms with Crippen molar-refractivity contribution in [3.8, 4) is 11.3 Å². The number of aromatic nitrogens is 2. The van der Waals surface area contributed by atoms with Crippen molar-refractivity contribution in [2.75, 3.05) is 5.73 Å². The molecule has 0 bridgehead atoms. The predicted octanol–water partition coefficient (Wildman–Crippen LogP) is 4.36. The highest BCUT2D eigenvalue weighted by molar-refractivity contribution is 5.74. The lowest BCUT2D eigenvalue weighted by Gasteiger charge is -2.12. The Bertz CT molecular complexity index is 624. The summed E-state index contributed by atoms with van der Waals surface area (Å²) in [6, 6.07) is 6.46. The van der Waals surface area contributed by atoms with Gasteiger partial charge in [0.1, 0.15) is 17.3 Å². The third-order valence-electron chi connectivity index (χ3n) is 3.74. The largest absolute Gasteiger partial charge is 0.383 e. The zero-order valence-electron chi connectivity index (χ0n) is 13.9. The van der Waals surface area contributed by atoms with E-state index >= 15 is 0 Å². The van der Waals surface area contributed by atoms with Crippen LogP contribution in [-0.2, 0) is 13.0 Å². The third kappa shape index (κ3) is 3.29. The van der Waals surface area contributed by atoms with E-state index in [1.165, 1.54) is 11.1 Å². The molecular weight excluding hydrogens is 258 g/mol. The summed E-state index contributed by atoms with van der Waals surface area (Å²) < 4.78 is 2.20. The van der Waals surface area contributed by atoms with Crippen LogP contribution in [0, 0.1) is 19.8 Å². The Morgan fingerprint density at radius 3 is 2.52 bits per heavy atom. The predicted molar refractivity (Wildman–Crippen MR) is 90.4 cm³/mol. The quantitative estimate of drug-likeness (QED) is 0.887. The van der Waals surface area contributed by atoms with Gasteiger partial charge in [0.05, 0.1) is 0 Å². The third-order valence-corrected chi connectivity index (χ3v) is 3.74. The van der Waals surface area contributed by atoms with Gasteiger partial charge in [0.2, 0.25) is 0 Å². The minimum atomic E-state index is 0.559. The summed E-state index contributed by atoms with van der Waals surface area (Å²) in [5, 5.41) is 0. The Hall–Kier alpha value is -1.77. The minimum absolute atomic E-state index is 0.559. The van der Waals surface area contributed by atoms with Gasteiger partial charge in [-0.3, -0.25) is 0 Å². The number of nitrogens with two attached hydrogens (primary N) is 1. The highest BCUT2D eigenvalue weighted by atomic mass is 15.1. The zero-order chi connectivity index (χ0) is 15.6. The first-order chi connectivity index (χ1) is 9.93. The topological polar surface area (TPSA) is 43.8 Å². The molecule has 2 rings (SSSR count). The standard InChI is InChI=1S/C18H27N3/c1-6-7-16-20-17(18(19)21(16)11-12(2)3)15-9-8-13(4)10-14(15)5/h8-10,12H,6-7,11,19H2,1-5H3. The second-order valence-electron chi connectivity index (χ2n) is 6.33. The number of aryl methyl sites for hydroxylation is 3. The monoisotopic (exact) mass is 285 g/mol. The molecule has 1 aromatic heterocycles. The lowest BCUT2D eigenvalue weighted by molar-refractivity contribution is 0.510. The highest BCUT2D eigenvalue weighted by Gasteiger charge is 2.17. The summed E-state index contributed by atoms with van der Waals surface area (Å²) in [5.41, 5.74) is 11.0. The van der Waals surface area contributed by atoms with E-state index in [0.29, 0.717) is 5.92 Å². The molecule has 114 valence electrons. The van der Waals surface area contributed by atoms with E-state index in [1.54, 1.807) is 0 Å². The average Bonchev–Trinajstić information content (AvgIpc) is 2.68. The number of benzene rings is 1. The van der Waals surface area contributed by atoms with Crippen molar-refractivity contribution in [2.45, 2.75) is 54.0 Å². The van der Waals surface area contributed by atoms with Crippen LogP contribution in [0.25, 0.3) is 11.3 Å². The fourth-order valence-electron chi connectivity index (χ4n) is 2.77. The Balaban J connectivity index is 2.53. The first kappa shape index (κ1) is 15.6. The van der Waals surface area contributed by atoms with Crippen LogP contribution in [0.15, 0.2) is 18.2 Å². The lowest BCUT2D eigenvalue weighted by Crippen LogP contribution is -2.11. The van der Waals surface area contributed by atoms with E-state index in [0.717, 1.165) is 42.3 Å². The molecule has 0 aliphatic heterocycles. The minimum Gasteiger partial charge on any atom is -0.383 e.